The summed E-state index contributed by atoms with van der Waals surface area (Å²) in [6.07, 6.45) is 3.05. The monoisotopic (exact) mass is 464 g/mol. The molecule has 0 radical (unpaired) electrons. The number of rotatable bonds is 14. The fourth-order valence-electron chi connectivity index (χ4n) is 2.59. The molecule has 1 aromatic carbocycles. The highest BCUT2D eigenvalue weighted by Crippen LogP contribution is 2.17. The van der Waals surface area contributed by atoms with Crippen LogP contribution in [0.1, 0.15) is 35.7 Å². The van der Waals surface area contributed by atoms with Crippen LogP contribution in [0.3, 0.4) is 0 Å². The normalized spacial score (nSPS) is 11.7. The first kappa shape index (κ1) is 25.5. The Morgan fingerprint density at radius 3 is 2.53 bits per heavy atom. The summed E-state index contributed by atoms with van der Waals surface area (Å²) >= 11 is 0. The molecule has 0 aliphatic rings. The summed E-state index contributed by atoms with van der Waals surface area (Å²) in [6.45, 7) is 4.85. The number of hydrogen-bond donors (Lipinski definition) is 2. The maximum atomic E-state index is 12.1. The number of ether oxygens (including phenoxy) is 2. The Bertz CT molecular complexity index is 980. The molecule has 2 aromatic rings. The molecule has 2 rings (SSSR count). The van der Waals surface area contributed by atoms with Crippen molar-refractivity contribution < 1.29 is 27.2 Å². The van der Waals surface area contributed by atoms with Crippen LogP contribution in [0.4, 0.5) is 5.82 Å². The van der Waals surface area contributed by atoms with Crippen LogP contribution in [0.2, 0.25) is 0 Å². The number of nitrogens with zero attached hydrogens (tertiary/aromatic N) is 3. The van der Waals surface area contributed by atoms with Crippen molar-refractivity contribution in [3.8, 4) is 0 Å². The lowest BCUT2D eigenvalue weighted by molar-refractivity contribution is 0.0470. The second kappa shape index (κ2) is 13.6. The molecule has 0 spiro atoms. The molecule has 0 aliphatic carbocycles. The summed E-state index contributed by atoms with van der Waals surface area (Å²) in [6, 6.07) is 9.08. The molecule has 0 bridgehead atoms. The molecule has 11 heteroatoms. The summed E-state index contributed by atoms with van der Waals surface area (Å²) in [5.74, 6) is 0.0129. The van der Waals surface area contributed by atoms with Gasteiger partial charge >= 0.3 is 0 Å². The highest BCUT2D eigenvalue weighted by Gasteiger charge is 2.14. The lowest BCUT2D eigenvalue weighted by Crippen LogP contribution is -2.25. The van der Waals surface area contributed by atoms with E-state index in [0.717, 1.165) is 13.0 Å². The van der Waals surface area contributed by atoms with Gasteiger partial charge in [0.25, 0.3) is 16.0 Å². The van der Waals surface area contributed by atoms with Gasteiger partial charge in [0.15, 0.2) is 5.82 Å². The van der Waals surface area contributed by atoms with Crippen molar-refractivity contribution in [1.29, 1.82) is 0 Å². The van der Waals surface area contributed by atoms with Crippen LogP contribution in [0, 0.1) is 0 Å². The molecule has 0 aliphatic heterocycles. The lowest BCUT2D eigenvalue weighted by atomic mass is 10.2. The Balaban J connectivity index is 1.74. The van der Waals surface area contributed by atoms with Gasteiger partial charge in [-0.1, -0.05) is 25.1 Å². The van der Waals surface area contributed by atoms with Gasteiger partial charge in [-0.3, -0.25) is 9.35 Å². The van der Waals surface area contributed by atoms with Crippen molar-refractivity contribution in [1.82, 2.24) is 10.3 Å². The van der Waals surface area contributed by atoms with E-state index in [9.17, 15) is 17.8 Å². The number of carbonyl (C=O) groups excluding carboxylic acids is 1. The fourth-order valence-corrected chi connectivity index (χ4v) is 3.31. The first-order chi connectivity index (χ1) is 15.4. The minimum Gasteiger partial charge on any atom is -0.379 e. The molecule has 0 atom stereocenters. The van der Waals surface area contributed by atoms with Gasteiger partial charge in [-0.05, 0) is 36.6 Å². The van der Waals surface area contributed by atoms with Crippen molar-refractivity contribution in [2.75, 3.05) is 33.0 Å². The zero-order valence-electron chi connectivity index (χ0n) is 17.9. The van der Waals surface area contributed by atoms with Crippen molar-refractivity contribution in [2.45, 2.75) is 31.2 Å². The Morgan fingerprint density at radius 1 is 1.09 bits per heavy atom. The van der Waals surface area contributed by atoms with Gasteiger partial charge < -0.3 is 14.8 Å². The highest BCUT2D eigenvalue weighted by atomic mass is 32.2. The Hall–Kier alpha value is -2.73. The maximum Gasteiger partial charge on any atom is 0.294 e. The molecule has 1 heterocycles. The number of pyridine rings is 1. The van der Waals surface area contributed by atoms with Crippen molar-refractivity contribution >= 4 is 21.8 Å². The lowest BCUT2D eigenvalue weighted by Gasteiger charge is -2.07. The van der Waals surface area contributed by atoms with Gasteiger partial charge in [0.2, 0.25) is 0 Å². The fraction of sp³-hybridized carbons (Fsp3) is 0.429. The van der Waals surface area contributed by atoms with Crippen LogP contribution >= 0.6 is 0 Å². The van der Waals surface area contributed by atoms with E-state index in [2.05, 4.69) is 20.5 Å². The Labute approximate surface area is 187 Å². The number of amides is 1. The Morgan fingerprint density at radius 2 is 1.84 bits per heavy atom. The van der Waals surface area contributed by atoms with Crippen LogP contribution in [0.15, 0.2) is 57.7 Å². The molecule has 1 aromatic heterocycles. The van der Waals surface area contributed by atoms with E-state index in [1.807, 2.05) is 6.92 Å². The number of azo groups is 1. The van der Waals surface area contributed by atoms with E-state index in [-0.39, 0.29) is 23.2 Å². The van der Waals surface area contributed by atoms with E-state index in [1.54, 1.807) is 12.1 Å². The number of carbonyl (C=O) groups is 1. The van der Waals surface area contributed by atoms with E-state index in [4.69, 9.17) is 9.47 Å². The van der Waals surface area contributed by atoms with Gasteiger partial charge in [0.05, 0.1) is 30.2 Å². The topological polar surface area (TPSA) is 140 Å². The van der Waals surface area contributed by atoms with Crippen LogP contribution in [0.25, 0.3) is 0 Å². The summed E-state index contributed by atoms with van der Waals surface area (Å²) < 4.78 is 42.7. The molecule has 10 nitrogen and oxygen atoms in total. The van der Waals surface area contributed by atoms with Crippen LogP contribution < -0.4 is 5.32 Å². The van der Waals surface area contributed by atoms with Crippen LogP contribution in [0.5, 0.6) is 0 Å². The molecule has 0 unspecified atom stereocenters. The number of benzene rings is 1. The quantitative estimate of drug-likeness (QED) is 0.249. The SMILES string of the molecule is CCCOCCOCCCNC(=O)c1ccc(N=NCc2ccccc2S(=O)(=O)O)nc1. The summed E-state index contributed by atoms with van der Waals surface area (Å²) in [7, 11) is -4.34. The van der Waals surface area contributed by atoms with Crippen LogP contribution in [-0.2, 0) is 26.1 Å². The average molecular weight is 465 g/mol. The molecule has 0 saturated carbocycles. The molecular weight excluding hydrogens is 436 g/mol. The van der Waals surface area contributed by atoms with Crippen molar-refractivity contribution in [3.63, 3.8) is 0 Å². The van der Waals surface area contributed by atoms with Gasteiger partial charge in [-0.15, -0.1) is 5.11 Å². The second-order valence-corrected chi connectivity index (χ2v) is 8.11. The van der Waals surface area contributed by atoms with Crippen LogP contribution in [-0.4, -0.2) is 56.8 Å². The largest absolute Gasteiger partial charge is 0.379 e. The molecule has 174 valence electrons. The minimum absolute atomic E-state index is 0.0489. The van der Waals surface area contributed by atoms with Crippen molar-refractivity contribution in [2.24, 2.45) is 10.2 Å². The molecule has 1 amide bonds. The van der Waals surface area contributed by atoms with Gasteiger partial charge in [-0.2, -0.15) is 13.5 Å². The van der Waals surface area contributed by atoms with E-state index >= 15 is 0 Å². The minimum atomic E-state index is -4.34. The first-order valence-corrected chi connectivity index (χ1v) is 11.7. The van der Waals surface area contributed by atoms with E-state index < -0.39 is 10.1 Å². The molecule has 0 saturated heterocycles. The van der Waals surface area contributed by atoms with Gasteiger partial charge in [0, 0.05) is 26.0 Å². The standard InChI is InChI=1S/C21H28N4O6S/c1-2-11-30-13-14-31-12-5-10-22-21(26)18-8-9-20(23-15-18)25-24-16-17-6-3-4-7-19(17)32(27,28)29/h3-4,6-9,15H,2,5,10-14,16H2,1H3,(H,22,26)(H,27,28,29). The van der Waals surface area contributed by atoms with E-state index in [0.29, 0.717) is 43.9 Å². The zero-order chi connectivity index (χ0) is 23.2. The average Bonchev–Trinajstić information content (AvgIpc) is 2.78. The predicted molar refractivity (Wildman–Crippen MR) is 118 cm³/mol. The third-order valence-electron chi connectivity index (χ3n) is 4.15. The molecular formula is C21H28N4O6S. The third kappa shape index (κ3) is 9.18. The Kier molecular flexibility index (Phi) is 10.9. The third-order valence-corrected chi connectivity index (χ3v) is 5.10. The van der Waals surface area contributed by atoms with Gasteiger partial charge in [0.1, 0.15) is 0 Å². The number of aromatic nitrogens is 1. The zero-order valence-corrected chi connectivity index (χ0v) is 18.8. The molecule has 2 N–H and O–H groups in total. The molecule has 32 heavy (non-hydrogen) atoms. The van der Waals surface area contributed by atoms with E-state index in [1.165, 1.54) is 30.5 Å². The summed E-state index contributed by atoms with van der Waals surface area (Å²) in [5, 5.41) is 10.6. The number of hydrogen-bond acceptors (Lipinski definition) is 8. The summed E-state index contributed by atoms with van der Waals surface area (Å²) in [4.78, 5) is 16.0. The second-order valence-electron chi connectivity index (χ2n) is 6.72. The highest BCUT2D eigenvalue weighted by molar-refractivity contribution is 7.85. The predicted octanol–water partition coefficient (Wildman–Crippen LogP) is 3.18. The smallest absolute Gasteiger partial charge is 0.294 e. The first-order valence-electron chi connectivity index (χ1n) is 10.2. The number of nitrogens with one attached hydrogen (secondary N) is 1. The maximum absolute atomic E-state index is 12.1. The van der Waals surface area contributed by atoms with Gasteiger partial charge in [-0.25, -0.2) is 4.98 Å². The summed E-state index contributed by atoms with van der Waals surface area (Å²) in [5.41, 5.74) is 0.696. The van der Waals surface area contributed by atoms with Crippen molar-refractivity contribution in [3.05, 3.63) is 53.7 Å². The molecule has 0 fully saturated rings.